The van der Waals surface area contributed by atoms with Crippen LogP contribution in [0.2, 0.25) is 0 Å². The molecule has 1 aliphatic carbocycles. The Morgan fingerprint density at radius 1 is 1.11 bits per heavy atom. The molecule has 1 aromatic carbocycles. The van der Waals surface area contributed by atoms with Gasteiger partial charge in [-0.3, -0.25) is 4.79 Å². The Labute approximate surface area is 113 Å². The first-order chi connectivity index (χ1) is 8.97. The summed E-state index contributed by atoms with van der Waals surface area (Å²) in [4.78, 5) is 12.2. The Hall–Kier alpha value is -1.25. The Morgan fingerprint density at radius 3 is 2.16 bits per heavy atom. The SMILES string of the molecule is CC1CC(C)CC(C(=O)Cc2c(F)cccc2F)C1. The van der Waals surface area contributed by atoms with Gasteiger partial charge in [-0.2, -0.15) is 0 Å². The summed E-state index contributed by atoms with van der Waals surface area (Å²) in [5.41, 5.74) is -0.0848. The second-order valence-electron chi connectivity index (χ2n) is 5.96. The van der Waals surface area contributed by atoms with Crippen molar-refractivity contribution in [2.75, 3.05) is 0 Å². The molecule has 1 nitrogen and oxygen atoms in total. The van der Waals surface area contributed by atoms with Crippen molar-refractivity contribution in [1.82, 2.24) is 0 Å². The lowest BCUT2D eigenvalue weighted by molar-refractivity contribution is -0.124. The number of hydrogen-bond donors (Lipinski definition) is 0. The molecule has 1 aliphatic rings. The molecule has 0 amide bonds. The monoisotopic (exact) mass is 266 g/mol. The van der Waals surface area contributed by atoms with Crippen molar-refractivity contribution in [3.05, 3.63) is 35.4 Å². The van der Waals surface area contributed by atoms with Gasteiger partial charge in [-0.25, -0.2) is 8.78 Å². The molecule has 2 rings (SSSR count). The van der Waals surface area contributed by atoms with Crippen LogP contribution in [-0.2, 0) is 11.2 Å². The smallest absolute Gasteiger partial charge is 0.140 e. The van der Waals surface area contributed by atoms with Gasteiger partial charge in [0.2, 0.25) is 0 Å². The number of Topliss-reactive ketones (excluding diaryl/α,β-unsaturated/α-hetero) is 1. The second-order valence-corrected chi connectivity index (χ2v) is 5.96. The van der Waals surface area contributed by atoms with Gasteiger partial charge in [-0.15, -0.1) is 0 Å². The van der Waals surface area contributed by atoms with Gasteiger partial charge in [0, 0.05) is 17.9 Å². The van der Waals surface area contributed by atoms with E-state index in [0.717, 1.165) is 19.3 Å². The molecular weight excluding hydrogens is 246 g/mol. The quantitative estimate of drug-likeness (QED) is 0.803. The first-order valence-electron chi connectivity index (χ1n) is 6.93. The molecule has 104 valence electrons. The molecule has 2 unspecified atom stereocenters. The fourth-order valence-corrected chi connectivity index (χ4v) is 3.23. The van der Waals surface area contributed by atoms with E-state index < -0.39 is 11.6 Å². The third-order valence-corrected chi connectivity index (χ3v) is 4.05. The lowest BCUT2D eigenvalue weighted by Crippen LogP contribution is -2.27. The Kier molecular flexibility index (Phi) is 4.33. The van der Waals surface area contributed by atoms with Crippen molar-refractivity contribution in [1.29, 1.82) is 0 Å². The molecule has 1 aromatic rings. The number of carbonyl (C=O) groups excluding carboxylic acids is 1. The summed E-state index contributed by atoms with van der Waals surface area (Å²) in [6, 6.07) is 3.74. The van der Waals surface area contributed by atoms with Crippen molar-refractivity contribution in [3.8, 4) is 0 Å². The predicted molar refractivity (Wildman–Crippen MR) is 70.7 cm³/mol. The minimum Gasteiger partial charge on any atom is -0.299 e. The number of rotatable bonds is 3. The van der Waals surface area contributed by atoms with E-state index in [0.29, 0.717) is 11.8 Å². The normalized spacial score (nSPS) is 27.3. The van der Waals surface area contributed by atoms with E-state index >= 15 is 0 Å². The van der Waals surface area contributed by atoms with E-state index in [1.54, 1.807) is 0 Å². The van der Waals surface area contributed by atoms with Crippen molar-refractivity contribution in [2.45, 2.75) is 39.5 Å². The van der Waals surface area contributed by atoms with E-state index in [9.17, 15) is 13.6 Å². The summed E-state index contributed by atoms with van der Waals surface area (Å²) in [5.74, 6) is -0.276. The number of ketones is 1. The predicted octanol–water partition coefficient (Wildman–Crippen LogP) is 4.15. The topological polar surface area (TPSA) is 17.1 Å². The van der Waals surface area contributed by atoms with Crippen LogP contribution in [0.15, 0.2) is 18.2 Å². The molecule has 0 heterocycles. The molecule has 0 saturated heterocycles. The van der Waals surface area contributed by atoms with Gasteiger partial charge in [-0.05, 0) is 43.2 Å². The van der Waals surface area contributed by atoms with Crippen LogP contribution >= 0.6 is 0 Å². The molecular formula is C16H20F2O. The molecule has 0 aliphatic heterocycles. The van der Waals surface area contributed by atoms with E-state index in [4.69, 9.17) is 0 Å². The summed E-state index contributed by atoms with van der Waals surface area (Å²) >= 11 is 0. The average molecular weight is 266 g/mol. The van der Waals surface area contributed by atoms with Gasteiger partial charge in [0.15, 0.2) is 0 Å². The molecule has 0 N–H and O–H groups in total. The average Bonchev–Trinajstić information content (AvgIpc) is 2.32. The van der Waals surface area contributed by atoms with Gasteiger partial charge >= 0.3 is 0 Å². The maximum atomic E-state index is 13.5. The van der Waals surface area contributed by atoms with Crippen LogP contribution in [0.1, 0.15) is 38.7 Å². The Bertz CT molecular complexity index is 440. The Balaban J connectivity index is 2.08. The highest BCUT2D eigenvalue weighted by atomic mass is 19.1. The maximum absolute atomic E-state index is 13.5. The zero-order valence-electron chi connectivity index (χ0n) is 11.5. The first kappa shape index (κ1) is 14.2. The highest BCUT2D eigenvalue weighted by molar-refractivity contribution is 5.83. The third-order valence-electron chi connectivity index (χ3n) is 4.05. The lowest BCUT2D eigenvalue weighted by atomic mass is 9.74. The highest BCUT2D eigenvalue weighted by Crippen LogP contribution is 2.34. The second kappa shape index (κ2) is 5.81. The molecule has 1 fully saturated rings. The summed E-state index contributed by atoms with van der Waals surface area (Å²) in [7, 11) is 0. The molecule has 0 aromatic heterocycles. The van der Waals surface area contributed by atoms with Crippen LogP contribution < -0.4 is 0 Å². The summed E-state index contributed by atoms with van der Waals surface area (Å²) in [5, 5.41) is 0. The van der Waals surface area contributed by atoms with Gasteiger partial charge in [-0.1, -0.05) is 19.9 Å². The number of hydrogen-bond acceptors (Lipinski definition) is 1. The third kappa shape index (κ3) is 3.40. The van der Waals surface area contributed by atoms with Crippen LogP contribution in [-0.4, -0.2) is 5.78 Å². The lowest BCUT2D eigenvalue weighted by Gasteiger charge is -2.30. The van der Waals surface area contributed by atoms with E-state index in [1.165, 1.54) is 18.2 Å². The highest BCUT2D eigenvalue weighted by Gasteiger charge is 2.29. The molecule has 19 heavy (non-hydrogen) atoms. The minimum absolute atomic E-state index is 0.0256. The van der Waals surface area contributed by atoms with Crippen molar-refractivity contribution >= 4 is 5.78 Å². The van der Waals surface area contributed by atoms with Crippen molar-refractivity contribution in [3.63, 3.8) is 0 Å². The maximum Gasteiger partial charge on any atom is 0.140 e. The number of carbonyl (C=O) groups is 1. The zero-order valence-corrected chi connectivity index (χ0v) is 11.5. The van der Waals surface area contributed by atoms with E-state index in [2.05, 4.69) is 13.8 Å². The van der Waals surface area contributed by atoms with Crippen LogP contribution in [0.4, 0.5) is 8.78 Å². The van der Waals surface area contributed by atoms with Gasteiger partial charge in [0.1, 0.15) is 17.4 Å². The van der Waals surface area contributed by atoms with Crippen molar-refractivity contribution in [2.24, 2.45) is 17.8 Å². The molecule has 2 atom stereocenters. The minimum atomic E-state index is -0.620. The molecule has 1 saturated carbocycles. The zero-order chi connectivity index (χ0) is 14.0. The molecule has 0 spiro atoms. The van der Waals surface area contributed by atoms with E-state index in [1.807, 2.05) is 0 Å². The molecule has 0 radical (unpaired) electrons. The number of benzene rings is 1. The van der Waals surface area contributed by atoms with Crippen LogP contribution in [0.3, 0.4) is 0 Å². The van der Waals surface area contributed by atoms with Crippen LogP contribution in [0.5, 0.6) is 0 Å². The fourth-order valence-electron chi connectivity index (χ4n) is 3.23. The standard InChI is InChI=1S/C16H20F2O/c1-10-6-11(2)8-12(7-10)16(19)9-13-14(17)4-3-5-15(13)18/h3-5,10-12H,6-9H2,1-2H3. The van der Waals surface area contributed by atoms with Gasteiger partial charge < -0.3 is 0 Å². The van der Waals surface area contributed by atoms with Gasteiger partial charge in [0.05, 0.1) is 0 Å². The van der Waals surface area contributed by atoms with Crippen LogP contribution in [0.25, 0.3) is 0 Å². The number of halogens is 2. The largest absolute Gasteiger partial charge is 0.299 e. The van der Waals surface area contributed by atoms with Crippen LogP contribution in [0, 0.1) is 29.4 Å². The summed E-state index contributed by atoms with van der Waals surface area (Å²) < 4.78 is 27.1. The molecule has 0 bridgehead atoms. The molecule has 3 heteroatoms. The summed E-state index contributed by atoms with van der Waals surface area (Å²) in [6.45, 7) is 4.28. The fraction of sp³-hybridized carbons (Fsp3) is 0.562. The Morgan fingerprint density at radius 2 is 1.63 bits per heavy atom. The van der Waals surface area contributed by atoms with Gasteiger partial charge in [0.25, 0.3) is 0 Å². The first-order valence-corrected chi connectivity index (χ1v) is 6.93. The van der Waals surface area contributed by atoms with Crippen molar-refractivity contribution < 1.29 is 13.6 Å². The van der Waals surface area contributed by atoms with E-state index in [-0.39, 0.29) is 23.7 Å². The summed E-state index contributed by atoms with van der Waals surface area (Å²) in [6.07, 6.45) is 2.71.